The lowest BCUT2D eigenvalue weighted by molar-refractivity contribution is -0.116. The Morgan fingerprint density at radius 3 is 2.52 bits per heavy atom. The summed E-state index contributed by atoms with van der Waals surface area (Å²) in [5, 5.41) is 9.07. The third kappa shape index (κ3) is 6.45. The first-order valence-corrected chi connectivity index (χ1v) is 12.3. The fraction of sp³-hybridized carbons (Fsp3) is 0.364. The van der Waals surface area contributed by atoms with Crippen LogP contribution >= 0.6 is 11.6 Å². The number of carbonyl (C=O) groups excluding carboxylic acids is 2. The van der Waals surface area contributed by atoms with Crippen molar-refractivity contribution in [2.75, 3.05) is 22.9 Å². The highest BCUT2D eigenvalue weighted by atomic mass is 35.5. The number of rotatable bonds is 8. The predicted molar refractivity (Wildman–Crippen MR) is 123 cm³/mol. The maximum Gasteiger partial charge on any atom is 0.251 e. The van der Waals surface area contributed by atoms with Crippen molar-refractivity contribution in [3.05, 3.63) is 58.6 Å². The number of sulfone groups is 1. The third-order valence-electron chi connectivity index (χ3n) is 4.91. The van der Waals surface area contributed by atoms with E-state index in [1.165, 1.54) is 0 Å². The SMILES string of the molecule is CC(C)CCNC(=O)c1ccc2c(c1)NC(=O)C(CS(=O)(=O)Cc1ccc(Cl)cc1)N2. The van der Waals surface area contributed by atoms with E-state index in [-0.39, 0.29) is 17.4 Å². The van der Waals surface area contributed by atoms with Crippen molar-refractivity contribution < 1.29 is 18.0 Å². The summed E-state index contributed by atoms with van der Waals surface area (Å²) in [4.78, 5) is 24.8. The average molecular weight is 464 g/mol. The number of amides is 2. The first kappa shape index (κ1) is 23.1. The summed E-state index contributed by atoms with van der Waals surface area (Å²) in [6.07, 6.45) is 0.876. The molecule has 0 aliphatic carbocycles. The minimum absolute atomic E-state index is 0.183. The van der Waals surface area contributed by atoms with E-state index in [1.54, 1.807) is 42.5 Å². The highest BCUT2D eigenvalue weighted by Crippen LogP contribution is 2.28. The molecular weight excluding hydrogens is 438 g/mol. The molecule has 166 valence electrons. The number of halogens is 1. The smallest absolute Gasteiger partial charge is 0.251 e. The summed E-state index contributed by atoms with van der Waals surface area (Å²) in [7, 11) is -3.55. The fourth-order valence-corrected chi connectivity index (χ4v) is 4.92. The maximum atomic E-state index is 12.6. The van der Waals surface area contributed by atoms with E-state index in [0.717, 1.165) is 6.42 Å². The van der Waals surface area contributed by atoms with Gasteiger partial charge in [0.15, 0.2) is 9.84 Å². The molecule has 0 aromatic heterocycles. The molecular formula is C22H26ClN3O4S. The molecule has 0 saturated carbocycles. The molecule has 2 aromatic carbocycles. The van der Waals surface area contributed by atoms with E-state index in [1.807, 2.05) is 0 Å². The molecule has 3 rings (SSSR count). The Balaban J connectivity index is 1.65. The molecule has 1 aliphatic rings. The van der Waals surface area contributed by atoms with Gasteiger partial charge in [-0.25, -0.2) is 8.42 Å². The van der Waals surface area contributed by atoms with Gasteiger partial charge >= 0.3 is 0 Å². The van der Waals surface area contributed by atoms with Crippen LogP contribution in [-0.2, 0) is 20.4 Å². The molecule has 2 amide bonds. The van der Waals surface area contributed by atoms with Gasteiger partial charge < -0.3 is 16.0 Å². The molecule has 7 nitrogen and oxygen atoms in total. The predicted octanol–water partition coefficient (Wildman–Crippen LogP) is 3.46. The van der Waals surface area contributed by atoms with Gasteiger partial charge in [0.25, 0.3) is 5.91 Å². The van der Waals surface area contributed by atoms with Crippen LogP contribution in [-0.4, -0.2) is 38.6 Å². The highest BCUT2D eigenvalue weighted by Gasteiger charge is 2.30. The summed E-state index contributed by atoms with van der Waals surface area (Å²) in [6, 6.07) is 10.5. The van der Waals surface area contributed by atoms with Gasteiger partial charge in [0.05, 0.1) is 22.9 Å². The summed E-state index contributed by atoms with van der Waals surface area (Å²) < 4.78 is 25.2. The lowest BCUT2D eigenvalue weighted by Crippen LogP contribution is -2.43. The Morgan fingerprint density at radius 2 is 1.84 bits per heavy atom. The molecule has 0 radical (unpaired) electrons. The Hall–Kier alpha value is -2.58. The molecule has 1 heterocycles. The molecule has 0 saturated heterocycles. The summed E-state index contributed by atoms with van der Waals surface area (Å²) in [6.45, 7) is 4.74. The number of fused-ring (bicyclic) bond motifs is 1. The zero-order chi connectivity index (χ0) is 22.6. The summed E-state index contributed by atoms with van der Waals surface area (Å²) in [5.74, 6) is -0.716. The zero-order valence-electron chi connectivity index (χ0n) is 17.4. The van der Waals surface area contributed by atoms with Crippen molar-refractivity contribution in [3.63, 3.8) is 0 Å². The van der Waals surface area contributed by atoms with Crippen molar-refractivity contribution in [2.24, 2.45) is 5.92 Å². The monoisotopic (exact) mass is 463 g/mol. The molecule has 9 heteroatoms. The molecule has 0 fully saturated rings. The Kier molecular flexibility index (Phi) is 7.23. The van der Waals surface area contributed by atoms with Gasteiger partial charge in [-0.2, -0.15) is 0 Å². The molecule has 3 N–H and O–H groups in total. The van der Waals surface area contributed by atoms with E-state index >= 15 is 0 Å². The molecule has 0 bridgehead atoms. The Bertz CT molecular complexity index is 1070. The fourth-order valence-electron chi connectivity index (χ4n) is 3.23. The van der Waals surface area contributed by atoms with Crippen molar-refractivity contribution in [1.29, 1.82) is 0 Å². The van der Waals surface area contributed by atoms with E-state index in [2.05, 4.69) is 29.8 Å². The van der Waals surface area contributed by atoms with E-state index in [4.69, 9.17) is 11.6 Å². The summed E-state index contributed by atoms with van der Waals surface area (Å²) in [5.41, 5.74) is 2.06. The largest absolute Gasteiger partial charge is 0.371 e. The van der Waals surface area contributed by atoms with Crippen LogP contribution in [0.2, 0.25) is 5.02 Å². The van der Waals surface area contributed by atoms with E-state index in [9.17, 15) is 18.0 Å². The molecule has 1 atom stereocenters. The van der Waals surface area contributed by atoms with Crippen molar-refractivity contribution >= 4 is 44.6 Å². The van der Waals surface area contributed by atoms with Gasteiger partial charge in [0.2, 0.25) is 5.91 Å². The number of nitrogens with one attached hydrogen (secondary N) is 3. The minimum Gasteiger partial charge on any atom is -0.371 e. The van der Waals surface area contributed by atoms with Gasteiger partial charge in [0.1, 0.15) is 6.04 Å². The topological polar surface area (TPSA) is 104 Å². The average Bonchev–Trinajstić information content (AvgIpc) is 2.69. The Labute approximate surface area is 187 Å². The molecule has 1 aliphatic heterocycles. The standard InChI is InChI=1S/C22H26ClN3O4S/c1-14(2)9-10-24-21(27)16-5-8-18-19(11-16)26-22(28)20(25-18)13-31(29,30)12-15-3-6-17(23)7-4-15/h3-8,11,14,20,25H,9-10,12-13H2,1-2H3,(H,24,27)(H,26,28). The quantitative estimate of drug-likeness (QED) is 0.556. The zero-order valence-corrected chi connectivity index (χ0v) is 19.0. The van der Waals surface area contributed by atoms with Crippen LogP contribution in [0.1, 0.15) is 36.2 Å². The molecule has 2 aromatic rings. The first-order valence-electron chi connectivity index (χ1n) is 10.1. The van der Waals surface area contributed by atoms with Crippen LogP contribution in [0.5, 0.6) is 0 Å². The van der Waals surface area contributed by atoms with Crippen molar-refractivity contribution in [2.45, 2.75) is 32.1 Å². The molecule has 0 spiro atoms. The maximum absolute atomic E-state index is 12.6. The number of hydrogen-bond acceptors (Lipinski definition) is 5. The number of carbonyl (C=O) groups is 2. The lowest BCUT2D eigenvalue weighted by atomic mass is 10.1. The van der Waals surface area contributed by atoms with Crippen LogP contribution in [0, 0.1) is 5.92 Å². The third-order valence-corrected chi connectivity index (χ3v) is 6.78. The number of hydrogen-bond donors (Lipinski definition) is 3. The van der Waals surface area contributed by atoms with E-state index < -0.39 is 21.8 Å². The second kappa shape index (κ2) is 9.70. The second-order valence-corrected chi connectivity index (χ2v) is 10.6. The summed E-state index contributed by atoms with van der Waals surface area (Å²) >= 11 is 5.84. The van der Waals surface area contributed by atoms with Gasteiger partial charge in [0, 0.05) is 17.1 Å². The lowest BCUT2D eigenvalue weighted by Gasteiger charge is -2.27. The molecule has 1 unspecified atom stereocenters. The second-order valence-electron chi connectivity index (χ2n) is 8.07. The van der Waals surface area contributed by atoms with Crippen LogP contribution < -0.4 is 16.0 Å². The van der Waals surface area contributed by atoms with Crippen molar-refractivity contribution in [3.8, 4) is 0 Å². The van der Waals surface area contributed by atoms with Gasteiger partial charge in [-0.1, -0.05) is 37.6 Å². The van der Waals surface area contributed by atoms with Gasteiger partial charge in [-0.05, 0) is 48.2 Å². The highest BCUT2D eigenvalue weighted by molar-refractivity contribution is 7.90. The Morgan fingerprint density at radius 1 is 1.13 bits per heavy atom. The van der Waals surface area contributed by atoms with Crippen molar-refractivity contribution in [1.82, 2.24) is 5.32 Å². The van der Waals surface area contributed by atoms with Gasteiger partial charge in [-0.3, -0.25) is 9.59 Å². The van der Waals surface area contributed by atoms with Crippen LogP contribution in [0.25, 0.3) is 0 Å². The van der Waals surface area contributed by atoms with E-state index in [0.29, 0.717) is 40.0 Å². The number of anilines is 2. The van der Waals surface area contributed by atoms with Crippen LogP contribution in [0.4, 0.5) is 11.4 Å². The first-order chi connectivity index (χ1) is 14.6. The number of benzene rings is 2. The van der Waals surface area contributed by atoms with Crippen LogP contribution in [0.15, 0.2) is 42.5 Å². The minimum atomic E-state index is -3.55. The normalized spacial score (nSPS) is 15.7. The molecule has 31 heavy (non-hydrogen) atoms. The van der Waals surface area contributed by atoms with Gasteiger partial charge in [-0.15, -0.1) is 0 Å². The van der Waals surface area contributed by atoms with Crippen LogP contribution in [0.3, 0.4) is 0 Å².